The van der Waals surface area contributed by atoms with Crippen molar-refractivity contribution in [3.63, 3.8) is 0 Å². The molecule has 0 fully saturated rings. The lowest BCUT2D eigenvalue weighted by molar-refractivity contribution is 0.529. The zero-order valence-corrected chi connectivity index (χ0v) is 15.0. The number of rotatable bonds is 4. The molecule has 2 aromatic rings. The largest absolute Gasteiger partial charge is 0.598 e. The average molecular weight is 334 g/mol. The molecule has 0 aliphatic heterocycles. The van der Waals surface area contributed by atoms with Crippen molar-refractivity contribution in [2.24, 2.45) is 0 Å². The van der Waals surface area contributed by atoms with Crippen LogP contribution in [0.15, 0.2) is 36.5 Å². The zero-order chi connectivity index (χ0) is 17.2. The third-order valence-electron chi connectivity index (χ3n) is 3.56. The molecule has 0 spiro atoms. The Morgan fingerprint density at radius 2 is 1.83 bits per heavy atom. The summed E-state index contributed by atoms with van der Waals surface area (Å²) in [5.74, 6) is -0.208. The van der Waals surface area contributed by atoms with Gasteiger partial charge in [-0.3, -0.25) is 4.98 Å². The predicted molar refractivity (Wildman–Crippen MR) is 93.8 cm³/mol. The van der Waals surface area contributed by atoms with Crippen molar-refractivity contribution in [2.45, 2.75) is 45.4 Å². The number of nitrogens with zero attached hydrogens (tertiary/aromatic N) is 1. The van der Waals surface area contributed by atoms with E-state index in [9.17, 15) is 8.94 Å². The van der Waals surface area contributed by atoms with Crippen LogP contribution in [0.4, 0.5) is 4.39 Å². The Morgan fingerprint density at radius 3 is 2.35 bits per heavy atom. The molecule has 0 saturated heterocycles. The van der Waals surface area contributed by atoms with Gasteiger partial charge in [-0.1, -0.05) is 12.1 Å². The lowest BCUT2D eigenvalue weighted by Gasteiger charge is -2.26. The van der Waals surface area contributed by atoms with Gasteiger partial charge in [-0.05, 0) is 63.9 Å². The molecule has 23 heavy (non-hydrogen) atoms. The molecule has 1 heterocycles. The summed E-state index contributed by atoms with van der Waals surface area (Å²) in [4.78, 5) is 4.45. The second-order valence-electron chi connectivity index (χ2n) is 6.66. The van der Waals surface area contributed by atoms with Gasteiger partial charge in [0.2, 0.25) is 0 Å². The average Bonchev–Trinajstić information content (AvgIpc) is 2.49. The van der Waals surface area contributed by atoms with E-state index in [0.29, 0.717) is 5.56 Å². The molecule has 1 N–H and O–H groups in total. The lowest BCUT2D eigenvalue weighted by Crippen LogP contribution is -2.40. The molecule has 0 radical (unpaired) electrons. The molecule has 1 aromatic heterocycles. The molecule has 5 heteroatoms. The fourth-order valence-corrected chi connectivity index (χ4v) is 2.85. The molecule has 2 unspecified atom stereocenters. The predicted octanol–water partition coefficient (Wildman–Crippen LogP) is 4.31. The highest BCUT2D eigenvalue weighted by atomic mass is 32.2. The maximum absolute atomic E-state index is 13.3. The van der Waals surface area contributed by atoms with E-state index in [4.69, 9.17) is 0 Å². The normalized spacial score (nSPS) is 14.6. The number of benzene rings is 1. The molecule has 2 atom stereocenters. The van der Waals surface area contributed by atoms with Crippen molar-refractivity contribution >= 4 is 11.4 Å². The first-order chi connectivity index (χ1) is 10.7. The summed E-state index contributed by atoms with van der Waals surface area (Å²) in [5, 5.41) is 0. The summed E-state index contributed by atoms with van der Waals surface area (Å²) in [6, 6.07) is 8.77. The van der Waals surface area contributed by atoms with Crippen molar-refractivity contribution < 1.29 is 8.94 Å². The van der Waals surface area contributed by atoms with Gasteiger partial charge in [0.25, 0.3) is 0 Å². The van der Waals surface area contributed by atoms with Gasteiger partial charge in [0.1, 0.15) is 10.6 Å². The van der Waals surface area contributed by atoms with Crippen LogP contribution in [0.25, 0.3) is 11.1 Å². The van der Waals surface area contributed by atoms with Crippen molar-refractivity contribution in [1.29, 1.82) is 0 Å². The Hall–Kier alpha value is -1.43. The number of nitrogens with one attached hydrogen (secondary N) is 1. The number of hydrogen-bond acceptors (Lipinski definition) is 3. The summed E-state index contributed by atoms with van der Waals surface area (Å²) in [5.41, 5.74) is 3.30. The van der Waals surface area contributed by atoms with Crippen LogP contribution >= 0.6 is 0 Å². The Bertz CT molecular complexity index is 668. The van der Waals surface area contributed by atoms with E-state index >= 15 is 0 Å². The number of aromatic nitrogens is 1. The number of hydrogen-bond donors (Lipinski definition) is 1. The second-order valence-corrected chi connectivity index (χ2v) is 8.65. The smallest absolute Gasteiger partial charge is 0.136 e. The quantitative estimate of drug-likeness (QED) is 0.848. The third-order valence-corrected chi connectivity index (χ3v) is 5.24. The SMILES string of the molecule is Cc1cc(-c2ccc(C(C)N[S+]([O-])C(C)(C)C)nc2)ccc1F. The highest BCUT2D eigenvalue weighted by Gasteiger charge is 2.28. The maximum atomic E-state index is 13.3. The number of aryl methyl sites for hydroxylation is 1. The van der Waals surface area contributed by atoms with Gasteiger partial charge in [-0.25, -0.2) is 4.39 Å². The zero-order valence-electron chi connectivity index (χ0n) is 14.2. The van der Waals surface area contributed by atoms with Gasteiger partial charge in [-0.2, -0.15) is 0 Å². The van der Waals surface area contributed by atoms with E-state index in [1.54, 1.807) is 19.2 Å². The Morgan fingerprint density at radius 1 is 1.17 bits per heavy atom. The fraction of sp³-hybridized carbons (Fsp3) is 0.389. The molecular weight excluding hydrogens is 311 g/mol. The topological polar surface area (TPSA) is 48.0 Å². The highest BCUT2D eigenvalue weighted by Crippen LogP contribution is 2.23. The Labute approximate surface area is 140 Å². The van der Waals surface area contributed by atoms with E-state index in [2.05, 4.69) is 9.71 Å². The molecule has 2 rings (SSSR count). The molecular formula is C18H23FN2OS. The molecule has 0 saturated carbocycles. The standard InChI is InChI=1S/C18H23FN2OS/c1-12-10-14(6-8-16(12)19)15-7-9-17(20-11-15)13(2)21-23(22)18(3,4)5/h6-11,13,21H,1-5H3. The lowest BCUT2D eigenvalue weighted by atomic mass is 10.0. The van der Waals surface area contributed by atoms with Crippen LogP contribution in [0.2, 0.25) is 0 Å². The van der Waals surface area contributed by atoms with E-state index < -0.39 is 11.4 Å². The van der Waals surface area contributed by atoms with Crippen LogP contribution < -0.4 is 4.72 Å². The summed E-state index contributed by atoms with van der Waals surface area (Å²) in [7, 11) is 0. The van der Waals surface area contributed by atoms with Crippen LogP contribution in [-0.4, -0.2) is 14.3 Å². The van der Waals surface area contributed by atoms with Gasteiger partial charge < -0.3 is 4.55 Å². The van der Waals surface area contributed by atoms with Gasteiger partial charge in [-0.15, -0.1) is 4.72 Å². The molecule has 0 aliphatic rings. The Kier molecular flexibility index (Phi) is 5.45. The van der Waals surface area contributed by atoms with Crippen molar-refractivity contribution in [2.75, 3.05) is 0 Å². The van der Waals surface area contributed by atoms with Crippen LogP contribution in [-0.2, 0) is 11.4 Å². The van der Waals surface area contributed by atoms with Gasteiger partial charge in [0, 0.05) is 23.1 Å². The molecule has 0 amide bonds. The minimum atomic E-state index is -1.15. The van der Waals surface area contributed by atoms with Gasteiger partial charge in [0.15, 0.2) is 0 Å². The van der Waals surface area contributed by atoms with Gasteiger partial charge in [0.05, 0.1) is 11.7 Å². The molecule has 0 bridgehead atoms. The monoisotopic (exact) mass is 334 g/mol. The third kappa shape index (κ3) is 4.53. The maximum Gasteiger partial charge on any atom is 0.136 e. The van der Waals surface area contributed by atoms with E-state index in [-0.39, 0.29) is 16.6 Å². The van der Waals surface area contributed by atoms with Crippen LogP contribution in [0, 0.1) is 12.7 Å². The molecule has 1 aromatic carbocycles. The van der Waals surface area contributed by atoms with E-state index in [0.717, 1.165) is 16.8 Å². The first-order valence-corrected chi connectivity index (χ1v) is 8.74. The highest BCUT2D eigenvalue weighted by molar-refractivity contribution is 7.90. The number of pyridine rings is 1. The van der Waals surface area contributed by atoms with Crippen LogP contribution in [0.1, 0.15) is 45.0 Å². The summed E-state index contributed by atoms with van der Waals surface area (Å²) < 4.78 is 28.2. The first-order valence-electron chi connectivity index (χ1n) is 7.59. The van der Waals surface area contributed by atoms with Crippen LogP contribution in [0.5, 0.6) is 0 Å². The first kappa shape index (κ1) is 17.9. The van der Waals surface area contributed by atoms with Crippen molar-refractivity contribution in [3.05, 3.63) is 53.6 Å². The van der Waals surface area contributed by atoms with Crippen LogP contribution in [0.3, 0.4) is 0 Å². The molecule has 0 aliphatic carbocycles. The Balaban J connectivity index is 2.14. The molecule has 3 nitrogen and oxygen atoms in total. The van der Waals surface area contributed by atoms with Crippen molar-refractivity contribution in [3.8, 4) is 11.1 Å². The summed E-state index contributed by atoms with van der Waals surface area (Å²) >= 11 is -1.15. The second kappa shape index (κ2) is 6.99. The number of halogens is 1. The molecule has 124 valence electrons. The summed E-state index contributed by atoms with van der Waals surface area (Å²) in [6.07, 6.45) is 1.76. The minimum absolute atomic E-state index is 0.112. The fourth-order valence-electron chi connectivity index (χ4n) is 2.05. The minimum Gasteiger partial charge on any atom is -0.598 e. The van der Waals surface area contributed by atoms with Crippen molar-refractivity contribution in [1.82, 2.24) is 9.71 Å². The van der Waals surface area contributed by atoms with E-state index in [1.807, 2.05) is 45.9 Å². The van der Waals surface area contributed by atoms with Gasteiger partial charge >= 0.3 is 0 Å². The van der Waals surface area contributed by atoms with E-state index in [1.165, 1.54) is 6.07 Å². The summed E-state index contributed by atoms with van der Waals surface area (Å²) in [6.45, 7) is 9.46.